The van der Waals surface area contributed by atoms with E-state index >= 15 is 0 Å². The fraction of sp³-hybridized carbons (Fsp3) is 0.400. The highest BCUT2D eigenvalue weighted by molar-refractivity contribution is 5.54. The van der Waals surface area contributed by atoms with E-state index in [9.17, 15) is 4.39 Å². The van der Waals surface area contributed by atoms with Crippen LogP contribution in [0.25, 0.3) is 0 Å². The van der Waals surface area contributed by atoms with Crippen LogP contribution in [0.3, 0.4) is 0 Å². The molecule has 0 radical (unpaired) electrons. The summed E-state index contributed by atoms with van der Waals surface area (Å²) in [6.45, 7) is 3.51. The number of anilines is 2. The molecule has 0 amide bonds. The fourth-order valence-electron chi connectivity index (χ4n) is 1.69. The fourth-order valence-corrected chi connectivity index (χ4v) is 1.69. The number of nitrogen functional groups attached to an aromatic ring is 1. The smallest absolute Gasteiger partial charge is 0.148 e. The van der Waals surface area contributed by atoms with E-state index in [2.05, 4.69) is 5.32 Å². The van der Waals surface area contributed by atoms with Crippen molar-refractivity contribution in [1.82, 2.24) is 5.32 Å². The van der Waals surface area contributed by atoms with Crippen LogP contribution in [0.2, 0.25) is 0 Å². The lowest BCUT2D eigenvalue weighted by molar-refractivity contribution is 0.566. The Bertz CT molecular complexity index is 321. The average molecular weight is 195 g/mol. The van der Waals surface area contributed by atoms with Gasteiger partial charge in [0.05, 0.1) is 5.69 Å². The summed E-state index contributed by atoms with van der Waals surface area (Å²) in [6.07, 6.45) is 0. The number of nitrogens with two attached hydrogens (primary N) is 1. The molecule has 0 aromatic heterocycles. The zero-order valence-corrected chi connectivity index (χ0v) is 7.96. The average Bonchev–Trinajstić information content (AvgIpc) is 2.19. The molecular formula is C10H14FN3. The van der Waals surface area contributed by atoms with Gasteiger partial charge in [-0.05, 0) is 18.2 Å². The number of nitrogens with one attached hydrogen (secondary N) is 1. The Morgan fingerprint density at radius 1 is 1.29 bits per heavy atom. The predicted octanol–water partition coefficient (Wildman–Crippen LogP) is 0.817. The van der Waals surface area contributed by atoms with Crippen LogP contribution >= 0.6 is 0 Å². The van der Waals surface area contributed by atoms with Crippen LogP contribution in [0.4, 0.5) is 15.8 Å². The van der Waals surface area contributed by atoms with Crippen molar-refractivity contribution >= 4 is 11.4 Å². The lowest BCUT2D eigenvalue weighted by atomic mass is 10.2. The van der Waals surface area contributed by atoms with Crippen LogP contribution in [0, 0.1) is 5.82 Å². The molecule has 0 bridgehead atoms. The Kier molecular flexibility index (Phi) is 2.54. The largest absolute Gasteiger partial charge is 0.399 e. The van der Waals surface area contributed by atoms with Gasteiger partial charge in [-0.1, -0.05) is 0 Å². The first-order chi connectivity index (χ1) is 6.77. The Hall–Kier alpha value is -1.29. The molecule has 4 heteroatoms. The Balaban J connectivity index is 2.22. The predicted molar refractivity (Wildman–Crippen MR) is 55.9 cm³/mol. The minimum Gasteiger partial charge on any atom is -0.399 e. The quantitative estimate of drug-likeness (QED) is 0.652. The summed E-state index contributed by atoms with van der Waals surface area (Å²) < 4.78 is 13.5. The minimum absolute atomic E-state index is 0.230. The summed E-state index contributed by atoms with van der Waals surface area (Å²) in [6, 6.07) is 4.85. The van der Waals surface area contributed by atoms with E-state index < -0.39 is 0 Å². The van der Waals surface area contributed by atoms with E-state index in [0.29, 0.717) is 11.4 Å². The molecule has 1 aliphatic rings. The second-order valence-corrected chi connectivity index (χ2v) is 3.45. The highest BCUT2D eigenvalue weighted by atomic mass is 19.1. The van der Waals surface area contributed by atoms with Gasteiger partial charge in [0.25, 0.3) is 0 Å². The summed E-state index contributed by atoms with van der Waals surface area (Å²) in [5.74, 6) is -0.230. The molecule has 14 heavy (non-hydrogen) atoms. The number of hydrogen-bond acceptors (Lipinski definition) is 3. The molecule has 0 aliphatic carbocycles. The van der Waals surface area contributed by atoms with Gasteiger partial charge in [-0.15, -0.1) is 0 Å². The molecule has 1 heterocycles. The topological polar surface area (TPSA) is 41.3 Å². The number of piperazine rings is 1. The van der Waals surface area contributed by atoms with Crippen molar-refractivity contribution in [2.75, 3.05) is 36.8 Å². The van der Waals surface area contributed by atoms with Crippen LogP contribution < -0.4 is 16.0 Å². The molecule has 0 unspecified atom stereocenters. The molecule has 1 aromatic rings. The van der Waals surface area contributed by atoms with Gasteiger partial charge in [0, 0.05) is 31.9 Å². The zero-order chi connectivity index (χ0) is 9.97. The zero-order valence-electron chi connectivity index (χ0n) is 7.96. The standard InChI is InChI=1S/C10H14FN3/c11-9-7-8(12)1-2-10(9)14-5-3-13-4-6-14/h1-2,7,13H,3-6,12H2. The highest BCUT2D eigenvalue weighted by Crippen LogP contribution is 2.21. The van der Waals surface area contributed by atoms with Gasteiger partial charge in [0.2, 0.25) is 0 Å². The SMILES string of the molecule is Nc1ccc(N2CCNCC2)c(F)c1. The third kappa shape index (κ3) is 1.80. The third-order valence-electron chi connectivity index (χ3n) is 2.43. The van der Waals surface area contributed by atoms with Gasteiger partial charge in [-0.25, -0.2) is 4.39 Å². The first-order valence-corrected chi connectivity index (χ1v) is 4.78. The summed E-state index contributed by atoms with van der Waals surface area (Å²) in [7, 11) is 0. The van der Waals surface area contributed by atoms with E-state index in [4.69, 9.17) is 5.73 Å². The van der Waals surface area contributed by atoms with Gasteiger partial charge >= 0.3 is 0 Å². The molecule has 0 spiro atoms. The summed E-state index contributed by atoms with van der Waals surface area (Å²) >= 11 is 0. The molecule has 1 aromatic carbocycles. The first-order valence-electron chi connectivity index (χ1n) is 4.78. The van der Waals surface area contributed by atoms with Crippen molar-refractivity contribution < 1.29 is 4.39 Å². The third-order valence-corrected chi connectivity index (χ3v) is 2.43. The summed E-state index contributed by atoms with van der Waals surface area (Å²) in [4.78, 5) is 2.03. The summed E-state index contributed by atoms with van der Waals surface area (Å²) in [5, 5.41) is 3.23. The second kappa shape index (κ2) is 3.84. The molecule has 1 saturated heterocycles. The lowest BCUT2D eigenvalue weighted by Crippen LogP contribution is -2.43. The van der Waals surface area contributed by atoms with Crippen molar-refractivity contribution in [3.63, 3.8) is 0 Å². The van der Waals surface area contributed by atoms with E-state index in [1.807, 2.05) is 4.90 Å². The minimum atomic E-state index is -0.230. The molecule has 1 aliphatic heterocycles. The van der Waals surface area contributed by atoms with Crippen molar-refractivity contribution in [2.45, 2.75) is 0 Å². The number of rotatable bonds is 1. The van der Waals surface area contributed by atoms with Crippen LogP contribution in [-0.4, -0.2) is 26.2 Å². The first kappa shape index (κ1) is 9.27. The van der Waals surface area contributed by atoms with Crippen LogP contribution in [0.5, 0.6) is 0 Å². The number of hydrogen-bond donors (Lipinski definition) is 2. The maximum absolute atomic E-state index is 13.5. The number of benzene rings is 1. The van der Waals surface area contributed by atoms with Crippen molar-refractivity contribution in [2.24, 2.45) is 0 Å². The Morgan fingerprint density at radius 3 is 2.64 bits per heavy atom. The molecule has 76 valence electrons. The molecule has 1 fully saturated rings. The maximum Gasteiger partial charge on any atom is 0.148 e. The van der Waals surface area contributed by atoms with Gasteiger partial charge in [0.15, 0.2) is 0 Å². The summed E-state index contributed by atoms with van der Waals surface area (Å²) in [5.41, 5.74) is 6.61. The Labute approximate surface area is 82.7 Å². The van der Waals surface area contributed by atoms with Crippen molar-refractivity contribution in [3.8, 4) is 0 Å². The molecule has 3 nitrogen and oxygen atoms in total. The molecule has 0 saturated carbocycles. The second-order valence-electron chi connectivity index (χ2n) is 3.45. The van der Waals surface area contributed by atoms with Gasteiger partial charge in [0.1, 0.15) is 5.82 Å². The van der Waals surface area contributed by atoms with Crippen molar-refractivity contribution in [3.05, 3.63) is 24.0 Å². The van der Waals surface area contributed by atoms with Crippen LogP contribution in [0.15, 0.2) is 18.2 Å². The van der Waals surface area contributed by atoms with Crippen molar-refractivity contribution in [1.29, 1.82) is 0 Å². The van der Waals surface area contributed by atoms with Crippen LogP contribution in [-0.2, 0) is 0 Å². The molecule has 2 rings (SSSR count). The van der Waals surface area contributed by atoms with E-state index in [0.717, 1.165) is 26.2 Å². The highest BCUT2D eigenvalue weighted by Gasteiger charge is 2.13. The van der Waals surface area contributed by atoms with Crippen LogP contribution in [0.1, 0.15) is 0 Å². The lowest BCUT2D eigenvalue weighted by Gasteiger charge is -2.29. The Morgan fingerprint density at radius 2 is 2.00 bits per heavy atom. The molecule has 0 atom stereocenters. The van der Waals surface area contributed by atoms with E-state index in [1.165, 1.54) is 6.07 Å². The van der Waals surface area contributed by atoms with Gasteiger partial charge < -0.3 is 16.0 Å². The number of nitrogens with zero attached hydrogens (tertiary/aromatic N) is 1. The normalized spacial score (nSPS) is 17.1. The van der Waals surface area contributed by atoms with E-state index in [-0.39, 0.29) is 5.82 Å². The van der Waals surface area contributed by atoms with Gasteiger partial charge in [-0.3, -0.25) is 0 Å². The molecule has 3 N–H and O–H groups in total. The van der Waals surface area contributed by atoms with Gasteiger partial charge in [-0.2, -0.15) is 0 Å². The number of halogens is 1. The van der Waals surface area contributed by atoms with E-state index in [1.54, 1.807) is 12.1 Å². The molecular weight excluding hydrogens is 181 g/mol. The maximum atomic E-state index is 13.5. The monoisotopic (exact) mass is 195 g/mol.